The van der Waals surface area contributed by atoms with Crippen molar-refractivity contribution in [3.8, 4) is 5.75 Å². The van der Waals surface area contributed by atoms with Gasteiger partial charge in [0.2, 0.25) is 0 Å². The van der Waals surface area contributed by atoms with E-state index in [2.05, 4.69) is 5.32 Å². The summed E-state index contributed by atoms with van der Waals surface area (Å²) >= 11 is 0. The highest BCUT2D eigenvalue weighted by Gasteiger charge is 2.40. The molecule has 0 fully saturated rings. The Morgan fingerprint density at radius 3 is 2.31 bits per heavy atom. The average Bonchev–Trinajstić information content (AvgIpc) is 2.93. The van der Waals surface area contributed by atoms with Crippen molar-refractivity contribution in [2.45, 2.75) is 47.1 Å². The first-order chi connectivity index (χ1) is 13.8. The van der Waals surface area contributed by atoms with Crippen LogP contribution in [-0.2, 0) is 9.59 Å². The van der Waals surface area contributed by atoms with Gasteiger partial charge in [0, 0.05) is 11.7 Å². The Morgan fingerprint density at radius 2 is 1.69 bits per heavy atom. The molecule has 5 heteroatoms. The Morgan fingerprint density at radius 1 is 1.00 bits per heavy atom. The van der Waals surface area contributed by atoms with Gasteiger partial charge in [-0.05, 0) is 69.0 Å². The first-order valence-electron chi connectivity index (χ1n) is 10.0. The lowest BCUT2D eigenvalue weighted by molar-refractivity contribution is -0.138. The minimum Gasteiger partial charge on any atom is -0.494 e. The van der Waals surface area contributed by atoms with Gasteiger partial charge in [0.1, 0.15) is 11.4 Å². The monoisotopic (exact) mass is 392 g/mol. The van der Waals surface area contributed by atoms with Crippen LogP contribution in [0, 0.1) is 13.8 Å². The first kappa shape index (κ1) is 20.6. The van der Waals surface area contributed by atoms with E-state index in [0.29, 0.717) is 23.4 Å². The molecular weight excluding hydrogens is 364 g/mol. The quantitative estimate of drug-likeness (QED) is 0.695. The summed E-state index contributed by atoms with van der Waals surface area (Å²) in [6, 6.07) is 13.1. The number of imide groups is 1. The summed E-state index contributed by atoms with van der Waals surface area (Å²) in [5.41, 5.74) is 4.32. The second kappa shape index (κ2) is 8.52. The van der Waals surface area contributed by atoms with Gasteiger partial charge in [-0.3, -0.25) is 14.5 Å². The number of carbonyl (C=O) groups excluding carboxylic acids is 2. The van der Waals surface area contributed by atoms with Gasteiger partial charge in [-0.1, -0.05) is 31.2 Å². The van der Waals surface area contributed by atoms with Crippen molar-refractivity contribution in [2.75, 3.05) is 11.9 Å². The fourth-order valence-electron chi connectivity index (χ4n) is 3.34. The maximum absolute atomic E-state index is 13.1. The van der Waals surface area contributed by atoms with E-state index in [-0.39, 0.29) is 17.9 Å². The number of anilines is 1. The maximum Gasteiger partial charge on any atom is 0.278 e. The molecule has 2 amide bonds. The van der Waals surface area contributed by atoms with Crippen molar-refractivity contribution in [1.29, 1.82) is 0 Å². The van der Waals surface area contributed by atoms with Crippen molar-refractivity contribution in [3.05, 3.63) is 64.9 Å². The van der Waals surface area contributed by atoms with Crippen LogP contribution in [0.2, 0.25) is 0 Å². The summed E-state index contributed by atoms with van der Waals surface area (Å²) in [6.07, 6.45) is 0.924. The number of ether oxygens (including phenoxy) is 1. The van der Waals surface area contributed by atoms with Gasteiger partial charge in [-0.2, -0.15) is 0 Å². The zero-order valence-electron chi connectivity index (χ0n) is 17.7. The second-order valence-electron chi connectivity index (χ2n) is 7.64. The summed E-state index contributed by atoms with van der Waals surface area (Å²) in [6.45, 7) is 10.3. The number of benzene rings is 2. The summed E-state index contributed by atoms with van der Waals surface area (Å²) in [4.78, 5) is 27.6. The molecule has 29 heavy (non-hydrogen) atoms. The third-order valence-corrected chi connectivity index (χ3v) is 4.90. The lowest BCUT2D eigenvalue weighted by Gasteiger charge is -2.19. The smallest absolute Gasteiger partial charge is 0.278 e. The summed E-state index contributed by atoms with van der Waals surface area (Å²) < 4.78 is 5.64. The molecule has 0 radical (unpaired) electrons. The fourth-order valence-corrected chi connectivity index (χ4v) is 3.34. The number of nitrogens with zero attached hydrogens (tertiary/aromatic N) is 1. The minimum atomic E-state index is -0.299. The SMILES string of the molecule is CCCOc1ccc(C2=C(Nc3cc(C)ccc3C)C(=O)N(C(C)C)C2=O)cc1. The van der Waals surface area contributed by atoms with Crippen molar-refractivity contribution in [3.63, 3.8) is 0 Å². The largest absolute Gasteiger partial charge is 0.494 e. The molecule has 0 saturated carbocycles. The maximum atomic E-state index is 13.1. The van der Waals surface area contributed by atoms with E-state index >= 15 is 0 Å². The molecule has 1 aliphatic heterocycles. The lowest BCUT2D eigenvalue weighted by atomic mass is 10.0. The van der Waals surface area contributed by atoms with Gasteiger partial charge in [0.05, 0.1) is 12.2 Å². The summed E-state index contributed by atoms with van der Waals surface area (Å²) in [7, 11) is 0. The van der Waals surface area contributed by atoms with Gasteiger partial charge in [-0.15, -0.1) is 0 Å². The van der Waals surface area contributed by atoms with Crippen LogP contribution in [0.15, 0.2) is 48.2 Å². The van der Waals surface area contributed by atoms with Crippen LogP contribution in [0.25, 0.3) is 5.57 Å². The molecule has 1 aliphatic rings. The van der Waals surface area contributed by atoms with E-state index < -0.39 is 0 Å². The number of hydrogen-bond donors (Lipinski definition) is 1. The summed E-state index contributed by atoms with van der Waals surface area (Å²) in [5, 5.41) is 3.25. The molecule has 0 bridgehead atoms. The number of hydrogen-bond acceptors (Lipinski definition) is 4. The highest BCUT2D eigenvalue weighted by atomic mass is 16.5. The molecule has 152 valence electrons. The van der Waals surface area contributed by atoms with Crippen LogP contribution in [0.5, 0.6) is 5.75 Å². The van der Waals surface area contributed by atoms with Crippen LogP contribution < -0.4 is 10.1 Å². The predicted molar refractivity (Wildman–Crippen MR) is 116 cm³/mol. The molecule has 3 rings (SSSR count). The first-order valence-corrected chi connectivity index (χ1v) is 10.0. The van der Waals surface area contributed by atoms with E-state index in [1.54, 1.807) is 0 Å². The zero-order chi connectivity index (χ0) is 21.1. The molecule has 0 spiro atoms. The van der Waals surface area contributed by atoms with Crippen LogP contribution in [0.3, 0.4) is 0 Å². The Balaban J connectivity index is 2.05. The van der Waals surface area contributed by atoms with Gasteiger partial charge < -0.3 is 10.1 Å². The van der Waals surface area contributed by atoms with Gasteiger partial charge in [-0.25, -0.2) is 0 Å². The highest BCUT2D eigenvalue weighted by molar-refractivity contribution is 6.36. The van der Waals surface area contributed by atoms with Crippen LogP contribution in [0.4, 0.5) is 5.69 Å². The van der Waals surface area contributed by atoms with Crippen LogP contribution >= 0.6 is 0 Å². The molecule has 0 aromatic heterocycles. The predicted octanol–water partition coefficient (Wildman–Crippen LogP) is 4.69. The third kappa shape index (κ3) is 4.19. The molecule has 1 N–H and O–H groups in total. The van der Waals surface area contributed by atoms with Crippen molar-refractivity contribution < 1.29 is 14.3 Å². The Hall–Kier alpha value is -3.08. The molecule has 5 nitrogen and oxygen atoms in total. The standard InChI is InChI=1S/C24H28N2O3/c1-6-13-29-19-11-9-18(10-12-19)21-22(24(28)26(15(2)3)23(21)27)25-20-14-16(4)7-8-17(20)5/h7-12,14-15,25H,6,13H2,1-5H3. The zero-order valence-corrected chi connectivity index (χ0v) is 17.7. The normalized spacial score (nSPS) is 14.2. The van der Waals surface area contributed by atoms with E-state index in [9.17, 15) is 9.59 Å². The van der Waals surface area contributed by atoms with Crippen LogP contribution in [-0.4, -0.2) is 29.4 Å². The molecule has 0 unspecified atom stereocenters. The minimum absolute atomic E-state index is 0.227. The lowest BCUT2D eigenvalue weighted by Crippen LogP contribution is -2.38. The highest BCUT2D eigenvalue weighted by Crippen LogP contribution is 2.33. The molecule has 2 aromatic rings. The van der Waals surface area contributed by atoms with Crippen LogP contribution in [0.1, 0.15) is 43.9 Å². The molecule has 0 aliphatic carbocycles. The van der Waals surface area contributed by atoms with Gasteiger partial charge in [0.15, 0.2) is 0 Å². The molecule has 0 saturated heterocycles. The van der Waals surface area contributed by atoms with Crippen molar-refractivity contribution in [1.82, 2.24) is 4.90 Å². The third-order valence-electron chi connectivity index (χ3n) is 4.90. The van der Waals surface area contributed by atoms with E-state index in [0.717, 1.165) is 29.0 Å². The Kier molecular flexibility index (Phi) is 6.06. The molecule has 0 atom stereocenters. The number of rotatable bonds is 7. The molecule has 1 heterocycles. The number of aryl methyl sites for hydroxylation is 2. The Labute approximate surface area is 172 Å². The van der Waals surface area contributed by atoms with E-state index in [1.165, 1.54) is 4.90 Å². The average molecular weight is 392 g/mol. The number of nitrogens with one attached hydrogen (secondary N) is 1. The summed E-state index contributed by atoms with van der Waals surface area (Å²) in [5.74, 6) is 0.171. The van der Waals surface area contributed by atoms with Crippen molar-refractivity contribution >= 4 is 23.1 Å². The topological polar surface area (TPSA) is 58.6 Å². The fraction of sp³-hybridized carbons (Fsp3) is 0.333. The molecular formula is C24H28N2O3. The van der Waals surface area contributed by atoms with E-state index in [4.69, 9.17) is 4.74 Å². The number of amides is 2. The molecule has 2 aromatic carbocycles. The Bertz CT molecular complexity index is 959. The van der Waals surface area contributed by atoms with E-state index in [1.807, 2.05) is 77.1 Å². The number of carbonyl (C=O) groups is 2. The second-order valence-corrected chi connectivity index (χ2v) is 7.64. The van der Waals surface area contributed by atoms with Gasteiger partial charge in [0.25, 0.3) is 11.8 Å². The van der Waals surface area contributed by atoms with Gasteiger partial charge >= 0.3 is 0 Å². The van der Waals surface area contributed by atoms with Crippen molar-refractivity contribution in [2.24, 2.45) is 0 Å².